The molecule has 0 saturated carbocycles. The molecular formula is C19H21NO. The van der Waals surface area contributed by atoms with Gasteiger partial charge in [-0.1, -0.05) is 50.0 Å². The van der Waals surface area contributed by atoms with Gasteiger partial charge in [0.15, 0.2) is 0 Å². The maximum atomic E-state index is 5.78. The fourth-order valence-electron chi connectivity index (χ4n) is 1.95. The molecule has 2 rings (SSSR count). The van der Waals surface area contributed by atoms with Crippen molar-refractivity contribution >= 4 is 0 Å². The van der Waals surface area contributed by atoms with Gasteiger partial charge in [0.1, 0.15) is 12.4 Å². The number of ether oxygens (including phenoxy) is 1. The lowest BCUT2D eigenvalue weighted by molar-refractivity contribution is 0.306. The Morgan fingerprint density at radius 2 is 1.67 bits per heavy atom. The second-order valence-corrected chi connectivity index (χ2v) is 5.22. The van der Waals surface area contributed by atoms with Crippen molar-refractivity contribution in [2.45, 2.75) is 26.4 Å². The van der Waals surface area contributed by atoms with Crippen LogP contribution in [-0.4, -0.2) is 6.54 Å². The summed E-state index contributed by atoms with van der Waals surface area (Å²) in [5.74, 6) is 7.23. The van der Waals surface area contributed by atoms with E-state index in [9.17, 15) is 0 Å². The topological polar surface area (TPSA) is 35.2 Å². The Balaban J connectivity index is 1.93. The Bertz CT molecular complexity index is 615. The van der Waals surface area contributed by atoms with Gasteiger partial charge in [0.05, 0.1) is 6.54 Å². The molecule has 0 heterocycles. The van der Waals surface area contributed by atoms with E-state index in [-0.39, 0.29) is 0 Å². The lowest BCUT2D eigenvalue weighted by atomic mass is 10.0. The van der Waals surface area contributed by atoms with Gasteiger partial charge in [-0.15, -0.1) is 0 Å². The van der Waals surface area contributed by atoms with E-state index in [4.69, 9.17) is 10.5 Å². The van der Waals surface area contributed by atoms with Crippen LogP contribution in [0.5, 0.6) is 5.75 Å². The Morgan fingerprint density at radius 1 is 1.00 bits per heavy atom. The third-order valence-electron chi connectivity index (χ3n) is 3.24. The van der Waals surface area contributed by atoms with Crippen LogP contribution in [-0.2, 0) is 6.61 Å². The molecule has 0 bridgehead atoms. The van der Waals surface area contributed by atoms with E-state index in [0.29, 0.717) is 19.1 Å². The van der Waals surface area contributed by atoms with Gasteiger partial charge in [-0.25, -0.2) is 0 Å². The smallest absolute Gasteiger partial charge is 0.119 e. The van der Waals surface area contributed by atoms with Crippen molar-refractivity contribution in [1.29, 1.82) is 0 Å². The average Bonchev–Trinajstić information content (AvgIpc) is 2.52. The molecule has 0 spiro atoms. The van der Waals surface area contributed by atoms with Gasteiger partial charge >= 0.3 is 0 Å². The fourth-order valence-corrected chi connectivity index (χ4v) is 1.95. The molecule has 0 aliphatic carbocycles. The first kappa shape index (κ1) is 15.2. The van der Waals surface area contributed by atoms with E-state index >= 15 is 0 Å². The molecule has 2 aromatic rings. The Kier molecular flexibility index (Phi) is 5.43. The second kappa shape index (κ2) is 7.52. The summed E-state index contributed by atoms with van der Waals surface area (Å²) in [5.41, 5.74) is 8.82. The summed E-state index contributed by atoms with van der Waals surface area (Å²) in [5, 5.41) is 0. The molecule has 0 saturated heterocycles. The van der Waals surface area contributed by atoms with Crippen molar-refractivity contribution in [2.24, 2.45) is 5.73 Å². The van der Waals surface area contributed by atoms with E-state index < -0.39 is 0 Å². The maximum absolute atomic E-state index is 5.78. The molecule has 2 aromatic carbocycles. The Hall–Kier alpha value is -2.24. The highest BCUT2D eigenvalue weighted by molar-refractivity contribution is 5.38. The van der Waals surface area contributed by atoms with Crippen molar-refractivity contribution in [3.8, 4) is 17.6 Å². The lowest BCUT2D eigenvalue weighted by Crippen LogP contribution is -1.96. The molecule has 0 radical (unpaired) electrons. The minimum absolute atomic E-state index is 0.380. The van der Waals surface area contributed by atoms with Crippen molar-refractivity contribution < 1.29 is 4.74 Å². The van der Waals surface area contributed by atoms with Crippen LogP contribution < -0.4 is 10.5 Å². The van der Waals surface area contributed by atoms with E-state index in [1.165, 1.54) is 11.1 Å². The van der Waals surface area contributed by atoms with Crippen molar-refractivity contribution in [1.82, 2.24) is 0 Å². The highest BCUT2D eigenvalue weighted by Gasteiger charge is 2.00. The number of hydrogen-bond acceptors (Lipinski definition) is 2. The lowest BCUT2D eigenvalue weighted by Gasteiger charge is -2.09. The zero-order valence-electron chi connectivity index (χ0n) is 12.6. The molecule has 0 aliphatic rings. The number of nitrogens with two attached hydrogens (primary N) is 1. The molecule has 0 aromatic heterocycles. The molecule has 21 heavy (non-hydrogen) atoms. The molecular weight excluding hydrogens is 258 g/mol. The van der Waals surface area contributed by atoms with Gasteiger partial charge < -0.3 is 10.5 Å². The fraction of sp³-hybridized carbons (Fsp3) is 0.263. The Morgan fingerprint density at radius 3 is 2.24 bits per heavy atom. The van der Waals surface area contributed by atoms with Crippen LogP contribution in [0.4, 0.5) is 0 Å². The third-order valence-corrected chi connectivity index (χ3v) is 3.24. The summed E-state index contributed by atoms with van der Waals surface area (Å²) < 4.78 is 5.78. The maximum Gasteiger partial charge on any atom is 0.119 e. The zero-order chi connectivity index (χ0) is 15.1. The predicted molar refractivity (Wildman–Crippen MR) is 87.2 cm³/mol. The van der Waals surface area contributed by atoms with Crippen molar-refractivity contribution in [3.63, 3.8) is 0 Å². The Labute approximate surface area is 126 Å². The summed E-state index contributed by atoms with van der Waals surface area (Å²) >= 11 is 0. The van der Waals surface area contributed by atoms with E-state index in [1.807, 2.05) is 24.3 Å². The molecule has 0 fully saturated rings. The minimum atomic E-state index is 0.380. The van der Waals surface area contributed by atoms with Gasteiger partial charge in [0.2, 0.25) is 0 Å². The van der Waals surface area contributed by atoms with E-state index in [1.54, 1.807) is 0 Å². The van der Waals surface area contributed by atoms with E-state index in [2.05, 4.69) is 50.0 Å². The van der Waals surface area contributed by atoms with Gasteiger partial charge in [-0.05, 0) is 41.3 Å². The predicted octanol–water partition coefficient (Wildman–Crippen LogP) is 3.70. The van der Waals surface area contributed by atoms with Gasteiger partial charge in [0, 0.05) is 5.56 Å². The standard InChI is InChI=1S/C19H21NO/c1-15(2)18-9-5-17(6-10-18)14-21-19-11-7-16(8-12-19)4-3-13-20/h5-12,15H,13-14,20H2,1-2H3. The van der Waals surface area contributed by atoms with Crippen molar-refractivity contribution in [2.75, 3.05) is 6.54 Å². The summed E-state index contributed by atoms with van der Waals surface area (Å²) in [6.45, 7) is 5.35. The summed E-state index contributed by atoms with van der Waals surface area (Å²) in [7, 11) is 0. The van der Waals surface area contributed by atoms with Gasteiger partial charge in [0.25, 0.3) is 0 Å². The van der Waals surface area contributed by atoms with Crippen LogP contribution in [0, 0.1) is 11.8 Å². The van der Waals surface area contributed by atoms with E-state index in [0.717, 1.165) is 11.3 Å². The summed E-state index contributed by atoms with van der Waals surface area (Å²) in [6.07, 6.45) is 0. The van der Waals surface area contributed by atoms with Gasteiger partial charge in [-0.3, -0.25) is 0 Å². The molecule has 108 valence electrons. The minimum Gasteiger partial charge on any atom is -0.489 e. The molecule has 0 atom stereocenters. The van der Waals surface area contributed by atoms with Crippen molar-refractivity contribution in [3.05, 3.63) is 65.2 Å². The highest BCUT2D eigenvalue weighted by atomic mass is 16.5. The first-order valence-corrected chi connectivity index (χ1v) is 7.19. The summed E-state index contributed by atoms with van der Waals surface area (Å²) in [4.78, 5) is 0. The normalized spacial score (nSPS) is 10.1. The highest BCUT2D eigenvalue weighted by Crippen LogP contribution is 2.17. The molecule has 2 heteroatoms. The third kappa shape index (κ3) is 4.66. The van der Waals surface area contributed by atoms with Crippen LogP contribution >= 0.6 is 0 Å². The molecule has 0 amide bonds. The number of benzene rings is 2. The molecule has 0 unspecified atom stereocenters. The van der Waals surface area contributed by atoms with Crippen LogP contribution in [0.3, 0.4) is 0 Å². The quantitative estimate of drug-likeness (QED) is 0.866. The first-order valence-electron chi connectivity index (χ1n) is 7.19. The van der Waals surface area contributed by atoms with Gasteiger partial charge in [-0.2, -0.15) is 0 Å². The molecule has 2 nitrogen and oxygen atoms in total. The summed E-state index contributed by atoms with van der Waals surface area (Å²) in [6, 6.07) is 16.3. The second-order valence-electron chi connectivity index (χ2n) is 5.22. The van der Waals surface area contributed by atoms with Crippen LogP contribution in [0.25, 0.3) is 0 Å². The number of hydrogen-bond donors (Lipinski definition) is 1. The SMILES string of the molecule is CC(C)c1ccc(COc2ccc(C#CCN)cc2)cc1. The molecule has 2 N–H and O–H groups in total. The monoisotopic (exact) mass is 279 g/mol. The van der Waals surface area contributed by atoms with Crippen LogP contribution in [0.2, 0.25) is 0 Å². The zero-order valence-corrected chi connectivity index (χ0v) is 12.6. The average molecular weight is 279 g/mol. The van der Waals surface area contributed by atoms with Crippen LogP contribution in [0.15, 0.2) is 48.5 Å². The van der Waals surface area contributed by atoms with Crippen LogP contribution in [0.1, 0.15) is 36.5 Å². The largest absolute Gasteiger partial charge is 0.489 e. The molecule has 0 aliphatic heterocycles. The first-order chi connectivity index (χ1) is 10.2. The number of rotatable bonds is 4.